The highest BCUT2D eigenvalue weighted by atomic mass is 16.3. The molecule has 0 aliphatic heterocycles. The molecular formula is C28H16N2O2. The Morgan fingerprint density at radius 2 is 0.875 bits per heavy atom. The minimum Gasteiger partial charge on any atom is -0.455 e. The molecule has 4 heteroatoms. The van der Waals surface area contributed by atoms with Gasteiger partial charge in [-0.15, -0.1) is 0 Å². The molecule has 32 heavy (non-hydrogen) atoms. The molecule has 0 radical (unpaired) electrons. The number of fused-ring (bicyclic) bond motifs is 10. The summed E-state index contributed by atoms with van der Waals surface area (Å²) >= 11 is 0. The van der Waals surface area contributed by atoms with E-state index >= 15 is 0 Å². The Kier molecular flexibility index (Phi) is 2.66. The summed E-state index contributed by atoms with van der Waals surface area (Å²) in [6.45, 7) is 0. The summed E-state index contributed by atoms with van der Waals surface area (Å²) in [5.74, 6) is 0. The van der Waals surface area contributed by atoms with Gasteiger partial charge >= 0.3 is 0 Å². The van der Waals surface area contributed by atoms with Crippen LogP contribution in [0.3, 0.4) is 0 Å². The number of furan rings is 2. The lowest BCUT2D eigenvalue weighted by Crippen LogP contribution is -1.87. The Morgan fingerprint density at radius 3 is 1.38 bits per heavy atom. The van der Waals surface area contributed by atoms with E-state index in [1.165, 1.54) is 5.39 Å². The van der Waals surface area contributed by atoms with Gasteiger partial charge in [-0.25, -0.2) is 0 Å². The molecule has 150 valence electrons. The summed E-state index contributed by atoms with van der Waals surface area (Å²) in [6, 6.07) is 24.5. The van der Waals surface area contributed by atoms with Crippen LogP contribution < -0.4 is 11.5 Å². The molecule has 0 atom stereocenters. The van der Waals surface area contributed by atoms with Crippen molar-refractivity contribution in [3.05, 3.63) is 72.8 Å². The summed E-state index contributed by atoms with van der Waals surface area (Å²) < 4.78 is 12.8. The minimum atomic E-state index is 0.726. The topological polar surface area (TPSA) is 78.3 Å². The molecule has 0 aliphatic carbocycles. The van der Waals surface area contributed by atoms with Crippen LogP contribution in [0.5, 0.6) is 0 Å². The second-order valence-electron chi connectivity index (χ2n) is 8.58. The Bertz CT molecular complexity index is 1920. The van der Waals surface area contributed by atoms with Crippen LogP contribution in [0.4, 0.5) is 11.4 Å². The first kappa shape index (κ1) is 16.3. The predicted octanol–water partition coefficient (Wildman–Crippen LogP) is 7.55. The van der Waals surface area contributed by atoms with Crippen LogP contribution >= 0.6 is 0 Å². The van der Waals surface area contributed by atoms with E-state index in [4.69, 9.17) is 20.3 Å². The van der Waals surface area contributed by atoms with Gasteiger partial charge < -0.3 is 20.3 Å². The highest BCUT2D eigenvalue weighted by Crippen LogP contribution is 2.49. The van der Waals surface area contributed by atoms with E-state index < -0.39 is 0 Å². The van der Waals surface area contributed by atoms with Crippen LogP contribution in [0.1, 0.15) is 0 Å². The van der Waals surface area contributed by atoms with Gasteiger partial charge in [-0.2, -0.15) is 0 Å². The van der Waals surface area contributed by atoms with E-state index in [2.05, 4.69) is 36.4 Å². The fourth-order valence-corrected chi connectivity index (χ4v) is 5.58. The maximum Gasteiger partial charge on any atom is 0.143 e. The number of benzene rings is 6. The van der Waals surface area contributed by atoms with Gasteiger partial charge in [-0.05, 0) is 52.6 Å². The second-order valence-corrected chi connectivity index (χ2v) is 8.58. The van der Waals surface area contributed by atoms with Crippen molar-refractivity contribution in [1.82, 2.24) is 0 Å². The Morgan fingerprint density at radius 1 is 0.438 bits per heavy atom. The third-order valence-corrected chi connectivity index (χ3v) is 6.83. The van der Waals surface area contributed by atoms with E-state index in [1.807, 2.05) is 36.4 Å². The van der Waals surface area contributed by atoms with Crippen molar-refractivity contribution in [3.8, 4) is 0 Å². The molecule has 4 nitrogen and oxygen atoms in total. The molecule has 0 saturated carbocycles. The highest BCUT2D eigenvalue weighted by Gasteiger charge is 2.23. The zero-order valence-electron chi connectivity index (χ0n) is 16.9. The molecule has 8 aromatic rings. The first-order valence-corrected chi connectivity index (χ1v) is 10.6. The van der Waals surface area contributed by atoms with Crippen LogP contribution in [-0.4, -0.2) is 0 Å². The van der Waals surface area contributed by atoms with Gasteiger partial charge in [0, 0.05) is 49.1 Å². The predicted molar refractivity (Wildman–Crippen MR) is 134 cm³/mol. The molecule has 0 spiro atoms. The summed E-state index contributed by atoms with van der Waals surface area (Å²) in [5.41, 5.74) is 17.2. The second kappa shape index (κ2) is 5.24. The lowest BCUT2D eigenvalue weighted by molar-refractivity contribution is 0.672. The maximum atomic E-state index is 6.41. The standard InChI is InChI=1S/C28H16N2O2/c29-13-7-9-21-19(11-13)25-15-3-1-4-16-23(15)24-17(27(25)31-21)5-2-6-18(24)28-26(16)20-12-14(30)8-10-22(20)32-28/h1-12H,29-30H2. The van der Waals surface area contributed by atoms with Crippen LogP contribution in [-0.2, 0) is 0 Å². The molecule has 2 aromatic heterocycles. The molecule has 8 rings (SSSR count). The fourth-order valence-electron chi connectivity index (χ4n) is 5.58. The van der Waals surface area contributed by atoms with Gasteiger partial charge in [0.05, 0.1) is 0 Å². The van der Waals surface area contributed by atoms with Crippen molar-refractivity contribution in [2.24, 2.45) is 0 Å². The average Bonchev–Trinajstić information content (AvgIpc) is 3.37. The Balaban J connectivity index is 1.79. The monoisotopic (exact) mass is 412 g/mol. The van der Waals surface area contributed by atoms with E-state index in [0.29, 0.717) is 0 Å². The van der Waals surface area contributed by atoms with Crippen molar-refractivity contribution in [3.63, 3.8) is 0 Å². The lowest BCUT2D eigenvalue weighted by Gasteiger charge is -2.13. The first-order chi connectivity index (χ1) is 15.7. The van der Waals surface area contributed by atoms with Gasteiger partial charge in [0.25, 0.3) is 0 Å². The molecular weight excluding hydrogens is 396 g/mol. The number of nitrogens with two attached hydrogens (primary N) is 2. The number of hydrogen-bond donors (Lipinski definition) is 2. The van der Waals surface area contributed by atoms with Gasteiger partial charge in [0.2, 0.25) is 0 Å². The van der Waals surface area contributed by atoms with E-state index in [1.54, 1.807) is 0 Å². The van der Waals surface area contributed by atoms with Crippen molar-refractivity contribution in [2.45, 2.75) is 0 Å². The van der Waals surface area contributed by atoms with E-state index in [0.717, 1.165) is 82.2 Å². The summed E-state index contributed by atoms with van der Waals surface area (Å²) in [4.78, 5) is 0. The largest absolute Gasteiger partial charge is 0.455 e. The fraction of sp³-hybridized carbons (Fsp3) is 0. The molecule has 4 N–H and O–H groups in total. The summed E-state index contributed by atoms with van der Waals surface area (Å²) in [7, 11) is 0. The molecule has 6 aromatic carbocycles. The smallest absolute Gasteiger partial charge is 0.143 e. The van der Waals surface area contributed by atoms with Crippen LogP contribution in [0.15, 0.2) is 81.6 Å². The lowest BCUT2D eigenvalue weighted by atomic mass is 9.89. The van der Waals surface area contributed by atoms with Gasteiger partial charge in [-0.1, -0.05) is 36.4 Å². The maximum absolute atomic E-state index is 6.41. The molecule has 0 bridgehead atoms. The van der Waals surface area contributed by atoms with Crippen molar-refractivity contribution in [2.75, 3.05) is 11.5 Å². The third-order valence-electron chi connectivity index (χ3n) is 6.83. The highest BCUT2D eigenvalue weighted by molar-refractivity contribution is 6.43. The number of anilines is 2. The van der Waals surface area contributed by atoms with Crippen LogP contribution in [0.2, 0.25) is 0 Å². The summed E-state index contributed by atoms with van der Waals surface area (Å²) in [5, 5.41) is 11.1. The normalized spacial score (nSPS) is 12.6. The molecule has 0 saturated heterocycles. The molecule has 2 heterocycles. The van der Waals surface area contributed by atoms with Crippen molar-refractivity contribution in [1.29, 1.82) is 0 Å². The van der Waals surface area contributed by atoms with Crippen LogP contribution in [0, 0.1) is 0 Å². The molecule has 0 amide bonds. The SMILES string of the molecule is Nc1ccc2oc3c4cccc5c6oc7ccc(N)cc7c6c6cccc(c3c2c1)c6c45. The zero-order chi connectivity index (χ0) is 21.1. The third kappa shape index (κ3) is 1.76. The van der Waals surface area contributed by atoms with Crippen molar-refractivity contribution >= 4 is 87.6 Å². The average molecular weight is 412 g/mol. The van der Waals surface area contributed by atoms with Gasteiger partial charge in [-0.3, -0.25) is 0 Å². The van der Waals surface area contributed by atoms with Gasteiger partial charge in [0.1, 0.15) is 22.3 Å². The molecule has 0 aliphatic rings. The Hall–Kier alpha value is -4.44. The first-order valence-electron chi connectivity index (χ1n) is 10.6. The quantitative estimate of drug-likeness (QED) is 0.199. The van der Waals surface area contributed by atoms with Crippen molar-refractivity contribution < 1.29 is 8.83 Å². The van der Waals surface area contributed by atoms with E-state index in [-0.39, 0.29) is 0 Å². The molecule has 0 fully saturated rings. The van der Waals surface area contributed by atoms with E-state index in [9.17, 15) is 0 Å². The molecule has 0 unspecified atom stereocenters. The number of hydrogen-bond acceptors (Lipinski definition) is 4. The zero-order valence-corrected chi connectivity index (χ0v) is 16.9. The number of nitrogen functional groups attached to an aromatic ring is 2. The summed E-state index contributed by atoms with van der Waals surface area (Å²) in [6.07, 6.45) is 0. The Labute approximate surface area is 180 Å². The minimum absolute atomic E-state index is 0.726. The number of rotatable bonds is 0. The van der Waals surface area contributed by atoms with Crippen LogP contribution in [0.25, 0.3) is 76.2 Å². The van der Waals surface area contributed by atoms with Gasteiger partial charge in [0.15, 0.2) is 0 Å².